The van der Waals surface area contributed by atoms with Crippen LogP contribution in [0, 0.1) is 6.92 Å². The fraction of sp³-hybridized carbons (Fsp3) is 0.333. The molecular formula is C18H20ClNO6. The number of methoxy groups -OCH3 is 1. The number of carbonyl (C=O) groups excluding carboxylic acids is 1. The molecule has 1 aromatic heterocycles. The van der Waals surface area contributed by atoms with E-state index in [0.29, 0.717) is 23.9 Å². The first-order valence-electron chi connectivity index (χ1n) is 7.98. The number of aryl methyl sites for hydroxylation is 1. The number of ether oxygens (including phenoxy) is 2. The van der Waals surface area contributed by atoms with Gasteiger partial charge >= 0.3 is 5.97 Å². The van der Waals surface area contributed by atoms with Crippen molar-refractivity contribution in [3.63, 3.8) is 0 Å². The van der Waals surface area contributed by atoms with E-state index in [9.17, 15) is 9.59 Å². The summed E-state index contributed by atoms with van der Waals surface area (Å²) in [5, 5.41) is 11.9. The molecule has 7 nitrogen and oxygen atoms in total. The molecule has 0 aliphatic rings. The maximum absolute atomic E-state index is 12.4. The Morgan fingerprint density at radius 3 is 2.62 bits per heavy atom. The van der Waals surface area contributed by atoms with E-state index < -0.39 is 11.9 Å². The number of rotatable bonds is 8. The van der Waals surface area contributed by atoms with Gasteiger partial charge in [-0.05, 0) is 31.5 Å². The second-order valence-corrected chi connectivity index (χ2v) is 5.92. The molecule has 140 valence electrons. The summed E-state index contributed by atoms with van der Waals surface area (Å²) in [6, 6.07) is 4.40. The van der Waals surface area contributed by atoms with Crippen LogP contribution in [0.2, 0.25) is 5.02 Å². The van der Waals surface area contributed by atoms with Crippen LogP contribution in [0.3, 0.4) is 0 Å². The van der Waals surface area contributed by atoms with Gasteiger partial charge in [-0.2, -0.15) is 0 Å². The van der Waals surface area contributed by atoms with E-state index in [2.05, 4.69) is 5.32 Å². The summed E-state index contributed by atoms with van der Waals surface area (Å²) in [5.74, 6) is -0.113. The second kappa shape index (κ2) is 8.62. The number of furan rings is 1. The first-order chi connectivity index (χ1) is 12.4. The van der Waals surface area contributed by atoms with Crippen LogP contribution in [0.15, 0.2) is 22.6 Å². The number of carboxylic acid groups (broad SMARTS) is 1. The van der Waals surface area contributed by atoms with Gasteiger partial charge in [0.15, 0.2) is 11.5 Å². The van der Waals surface area contributed by atoms with Crippen LogP contribution in [-0.4, -0.2) is 30.7 Å². The molecule has 1 heterocycles. The van der Waals surface area contributed by atoms with E-state index in [1.807, 2.05) is 6.92 Å². The van der Waals surface area contributed by atoms with Crippen LogP contribution in [-0.2, 0) is 6.54 Å². The van der Waals surface area contributed by atoms with E-state index in [-0.39, 0.29) is 28.5 Å². The molecule has 0 bridgehead atoms. The predicted molar refractivity (Wildman–Crippen MR) is 95.4 cm³/mol. The van der Waals surface area contributed by atoms with Crippen molar-refractivity contribution in [1.82, 2.24) is 5.32 Å². The highest BCUT2D eigenvalue weighted by Gasteiger charge is 2.17. The molecule has 2 rings (SSSR count). The molecule has 0 aliphatic heterocycles. The van der Waals surface area contributed by atoms with E-state index in [1.54, 1.807) is 6.92 Å². The molecule has 2 aromatic rings. The number of nitrogens with one attached hydrogen (secondary N) is 1. The Bertz CT molecular complexity index is 814. The minimum absolute atomic E-state index is 0.0426. The number of carboxylic acids is 1. The van der Waals surface area contributed by atoms with Gasteiger partial charge in [0.1, 0.15) is 17.1 Å². The van der Waals surface area contributed by atoms with Crippen molar-refractivity contribution < 1.29 is 28.6 Å². The monoisotopic (exact) mass is 381 g/mol. The van der Waals surface area contributed by atoms with Crippen molar-refractivity contribution in [1.29, 1.82) is 0 Å². The number of hydrogen-bond acceptors (Lipinski definition) is 5. The third-order valence-electron chi connectivity index (χ3n) is 3.56. The molecular weight excluding hydrogens is 362 g/mol. The summed E-state index contributed by atoms with van der Waals surface area (Å²) < 4.78 is 16.1. The third-order valence-corrected chi connectivity index (χ3v) is 3.85. The number of amides is 1. The summed E-state index contributed by atoms with van der Waals surface area (Å²) in [5.41, 5.74) is 0.355. The van der Waals surface area contributed by atoms with Gasteiger partial charge in [0.25, 0.3) is 5.91 Å². The molecule has 0 atom stereocenters. The molecule has 0 saturated heterocycles. The lowest BCUT2D eigenvalue weighted by molar-refractivity contribution is 0.0694. The predicted octanol–water partition coefficient (Wildman–Crippen LogP) is 3.67. The highest BCUT2D eigenvalue weighted by Crippen LogP contribution is 2.36. The van der Waals surface area contributed by atoms with Crippen molar-refractivity contribution in [2.24, 2.45) is 0 Å². The van der Waals surface area contributed by atoms with E-state index in [0.717, 1.165) is 6.42 Å². The van der Waals surface area contributed by atoms with E-state index in [4.69, 9.17) is 30.6 Å². The van der Waals surface area contributed by atoms with Crippen molar-refractivity contribution in [2.75, 3.05) is 13.7 Å². The number of halogens is 1. The van der Waals surface area contributed by atoms with Crippen molar-refractivity contribution in [2.45, 2.75) is 26.8 Å². The lowest BCUT2D eigenvalue weighted by Crippen LogP contribution is -2.22. The Morgan fingerprint density at radius 1 is 1.31 bits per heavy atom. The fourth-order valence-corrected chi connectivity index (χ4v) is 2.57. The standard InChI is InChI=1S/C18H20ClNO6/c1-4-5-25-16-14(19)6-11(7-15(16)24-3)17(21)20-9-12-8-13(18(22)23)10(2)26-12/h6-8H,4-5,9H2,1-3H3,(H,20,21)(H,22,23). The van der Waals surface area contributed by atoms with Gasteiger partial charge in [-0.25, -0.2) is 4.79 Å². The molecule has 0 fully saturated rings. The zero-order chi connectivity index (χ0) is 19.3. The maximum Gasteiger partial charge on any atom is 0.339 e. The number of aromatic carboxylic acids is 1. The summed E-state index contributed by atoms with van der Waals surface area (Å²) >= 11 is 6.20. The Kier molecular flexibility index (Phi) is 6.52. The largest absolute Gasteiger partial charge is 0.493 e. The van der Waals surface area contributed by atoms with Crippen LogP contribution >= 0.6 is 11.6 Å². The van der Waals surface area contributed by atoms with Gasteiger partial charge in [-0.1, -0.05) is 18.5 Å². The van der Waals surface area contributed by atoms with Gasteiger partial charge in [0.2, 0.25) is 0 Å². The zero-order valence-corrected chi connectivity index (χ0v) is 15.5. The second-order valence-electron chi connectivity index (χ2n) is 5.51. The van der Waals surface area contributed by atoms with Crippen molar-refractivity contribution in [3.8, 4) is 11.5 Å². The van der Waals surface area contributed by atoms with Crippen LogP contribution in [0.1, 0.15) is 45.6 Å². The minimum atomic E-state index is -1.08. The number of carbonyl (C=O) groups is 2. The first kappa shape index (κ1) is 19.7. The zero-order valence-electron chi connectivity index (χ0n) is 14.7. The minimum Gasteiger partial charge on any atom is -0.493 e. The third kappa shape index (κ3) is 4.49. The van der Waals surface area contributed by atoms with Gasteiger partial charge in [0, 0.05) is 5.56 Å². The highest BCUT2D eigenvalue weighted by molar-refractivity contribution is 6.32. The van der Waals surface area contributed by atoms with E-state index in [1.165, 1.54) is 25.3 Å². The smallest absolute Gasteiger partial charge is 0.339 e. The van der Waals surface area contributed by atoms with Gasteiger partial charge < -0.3 is 24.3 Å². The summed E-state index contributed by atoms with van der Waals surface area (Å²) in [4.78, 5) is 23.4. The topological polar surface area (TPSA) is 98.0 Å². The van der Waals surface area contributed by atoms with Crippen LogP contribution in [0.5, 0.6) is 11.5 Å². The molecule has 0 unspecified atom stereocenters. The fourth-order valence-electron chi connectivity index (χ4n) is 2.31. The average molecular weight is 382 g/mol. The Hall–Kier alpha value is -2.67. The molecule has 26 heavy (non-hydrogen) atoms. The van der Waals surface area contributed by atoms with Crippen LogP contribution in [0.4, 0.5) is 0 Å². The molecule has 0 radical (unpaired) electrons. The Morgan fingerprint density at radius 2 is 2.04 bits per heavy atom. The maximum atomic E-state index is 12.4. The molecule has 0 saturated carbocycles. The molecule has 0 spiro atoms. The summed E-state index contributed by atoms with van der Waals surface area (Å²) in [6.45, 7) is 4.04. The molecule has 2 N–H and O–H groups in total. The number of benzene rings is 1. The summed E-state index contributed by atoms with van der Waals surface area (Å²) in [7, 11) is 1.46. The molecule has 1 aromatic carbocycles. The lowest BCUT2D eigenvalue weighted by atomic mass is 10.2. The molecule has 1 amide bonds. The average Bonchev–Trinajstić information content (AvgIpc) is 2.99. The Labute approximate surface area is 155 Å². The van der Waals surface area contributed by atoms with Gasteiger partial charge in [-0.15, -0.1) is 0 Å². The SMILES string of the molecule is CCCOc1c(Cl)cc(C(=O)NCc2cc(C(=O)O)c(C)o2)cc1OC. The van der Waals surface area contributed by atoms with Gasteiger partial charge in [-0.3, -0.25) is 4.79 Å². The summed E-state index contributed by atoms with van der Waals surface area (Å²) in [6.07, 6.45) is 0.808. The normalized spacial score (nSPS) is 10.5. The van der Waals surface area contributed by atoms with Crippen LogP contribution in [0.25, 0.3) is 0 Å². The quantitative estimate of drug-likeness (QED) is 0.724. The van der Waals surface area contributed by atoms with Crippen LogP contribution < -0.4 is 14.8 Å². The van der Waals surface area contributed by atoms with Crippen molar-refractivity contribution >= 4 is 23.5 Å². The van der Waals surface area contributed by atoms with Gasteiger partial charge in [0.05, 0.1) is 25.3 Å². The van der Waals surface area contributed by atoms with Crippen molar-refractivity contribution in [3.05, 3.63) is 45.9 Å². The van der Waals surface area contributed by atoms with E-state index >= 15 is 0 Å². The molecule has 0 aliphatic carbocycles. The highest BCUT2D eigenvalue weighted by atomic mass is 35.5. The molecule has 8 heteroatoms. The number of hydrogen-bond donors (Lipinski definition) is 2. The lowest BCUT2D eigenvalue weighted by Gasteiger charge is -2.13. The first-order valence-corrected chi connectivity index (χ1v) is 8.36. The Balaban J connectivity index is 2.13.